The second-order valence-electron chi connectivity index (χ2n) is 3.91. The second-order valence-corrected chi connectivity index (χ2v) is 5.37. The van der Waals surface area contributed by atoms with E-state index in [0.29, 0.717) is 5.92 Å². The van der Waals surface area contributed by atoms with Crippen LogP contribution in [0, 0.1) is 5.92 Å². The molecule has 0 bridgehead atoms. The van der Waals surface area contributed by atoms with Gasteiger partial charge >= 0.3 is 0 Å². The predicted octanol–water partition coefficient (Wildman–Crippen LogP) is 4.02. The topological polar surface area (TPSA) is 24.9 Å². The first-order valence-corrected chi connectivity index (χ1v) is 6.14. The lowest BCUT2D eigenvalue weighted by molar-refractivity contribution is 0.688. The lowest BCUT2D eigenvalue weighted by Gasteiger charge is -2.03. The number of hydrogen-bond acceptors (Lipinski definition) is 3. The summed E-state index contributed by atoms with van der Waals surface area (Å²) >= 11 is 7.56. The molecular weight excluding hydrogens is 228 g/mol. The summed E-state index contributed by atoms with van der Waals surface area (Å²) in [6, 6.07) is 5.78. The first-order valence-electron chi connectivity index (χ1n) is 4.95. The Morgan fingerprint density at radius 2 is 2.27 bits per heavy atom. The van der Waals surface area contributed by atoms with Crippen LogP contribution in [0.4, 0.5) is 5.13 Å². The van der Waals surface area contributed by atoms with Gasteiger partial charge in [0.1, 0.15) is 0 Å². The fraction of sp³-hybridized carbons (Fsp3) is 0.364. The summed E-state index contributed by atoms with van der Waals surface area (Å²) in [6.07, 6.45) is 0. The van der Waals surface area contributed by atoms with E-state index in [2.05, 4.69) is 24.1 Å². The molecule has 0 aliphatic carbocycles. The fourth-order valence-electron chi connectivity index (χ4n) is 1.27. The van der Waals surface area contributed by atoms with Gasteiger partial charge in [0, 0.05) is 11.6 Å². The summed E-state index contributed by atoms with van der Waals surface area (Å²) in [7, 11) is 0. The van der Waals surface area contributed by atoms with Crippen LogP contribution in [0.5, 0.6) is 0 Å². The molecule has 15 heavy (non-hydrogen) atoms. The Balaban J connectivity index is 2.23. The minimum absolute atomic E-state index is 0.626. The zero-order chi connectivity index (χ0) is 10.8. The Kier molecular flexibility index (Phi) is 3.12. The third kappa shape index (κ3) is 2.61. The largest absolute Gasteiger partial charge is 0.361 e. The van der Waals surface area contributed by atoms with Gasteiger partial charge in [0.2, 0.25) is 0 Å². The Bertz CT molecular complexity index is 465. The first-order chi connectivity index (χ1) is 7.15. The van der Waals surface area contributed by atoms with E-state index >= 15 is 0 Å². The van der Waals surface area contributed by atoms with Crippen LogP contribution in [0.2, 0.25) is 5.02 Å². The van der Waals surface area contributed by atoms with Gasteiger partial charge in [-0.3, -0.25) is 0 Å². The third-order valence-electron chi connectivity index (χ3n) is 2.01. The van der Waals surface area contributed by atoms with E-state index in [1.807, 2.05) is 18.2 Å². The number of benzene rings is 1. The standard InChI is InChI=1S/C11H13ClN2S/c1-7(2)6-13-11-14-9-4-3-8(12)5-10(9)15-11/h3-5,7H,6H2,1-2H3,(H,13,14). The molecule has 0 radical (unpaired) electrons. The summed E-state index contributed by atoms with van der Waals surface area (Å²) in [4.78, 5) is 4.47. The average molecular weight is 241 g/mol. The van der Waals surface area contributed by atoms with Crippen molar-refractivity contribution >= 4 is 38.3 Å². The van der Waals surface area contributed by atoms with Crippen LogP contribution >= 0.6 is 22.9 Å². The highest BCUT2D eigenvalue weighted by atomic mass is 35.5. The van der Waals surface area contributed by atoms with Crippen molar-refractivity contribution in [3.63, 3.8) is 0 Å². The molecular formula is C11H13ClN2S. The van der Waals surface area contributed by atoms with E-state index in [4.69, 9.17) is 11.6 Å². The minimum atomic E-state index is 0.626. The van der Waals surface area contributed by atoms with Crippen LogP contribution in [-0.2, 0) is 0 Å². The van der Waals surface area contributed by atoms with Crippen molar-refractivity contribution in [3.05, 3.63) is 23.2 Å². The van der Waals surface area contributed by atoms with Gasteiger partial charge in [0.15, 0.2) is 5.13 Å². The Hall–Kier alpha value is -0.800. The van der Waals surface area contributed by atoms with Gasteiger partial charge in [0.25, 0.3) is 0 Å². The highest BCUT2D eigenvalue weighted by Crippen LogP contribution is 2.28. The number of halogens is 1. The molecule has 0 saturated heterocycles. The smallest absolute Gasteiger partial charge is 0.183 e. The van der Waals surface area contributed by atoms with E-state index in [0.717, 1.165) is 26.9 Å². The van der Waals surface area contributed by atoms with Crippen LogP contribution in [0.3, 0.4) is 0 Å². The highest BCUT2D eigenvalue weighted by molar-refractivity contribution is 7.22. The number of aromatic nitrogens is 1. The summed E-state index contributed by atoms with van der Waals surface area (Å²) in [5.74, 6) is 0.626. The van der Waals surface area contributed by atoms with Gasteiger partial charge in [0.05, 0.1) is 10.2 Å². The maximum atomic E-state index is 5.91. The van der Waals surface area contributed by atoms with Crippen molar-refractivity contribution in [1.82, 2.24) is 4.98 Å². The Morgan fingerprint density at radius 3 is 3.00 bits per heavy atom. The van der Waals surface area contributed by atoms with Gasteiger partial charge in [-0.2, -0.15) is 0 Å². The van der Waals surface area contributed by atoms with Crippen LogP contribution in [0.25, 0.3) is 10.2 Å². The molecule has 1 N–H and O–H groups in total. The molecule has 1 aromatic heterocycles. The van der Waals surface area contributed by atoms with Gasteiger partial charge in [-0.05, 0) is 24.1 Å². The minimum Gasteiger partial charge on any atom is -0.361 e. The number of nitrogens with zero attached hydrogens (tertiary/aromatic N) is 1. The maximum Gasteiger partial charge on any atom is 0.183 e. The monoisotopic (exact) mass is 240 g/mol. The molecule has 0 fully saturated rings. The van der Waals surface area contributed by atoms with Crippen LogP contribution in [-0.4, -0.2) is 11.5 Å². The molecule has 0 saturated carbocycles. The molecule has 0 unspecified atom stereocenters. The highest BCUT2D eigenvalue weighted by Gasteiger charge is 2.04. The van der Waals surface area contributed by atoms with Gasteiger partial charge in [-0.1, -0.05) is 36.8 Å². The van der Waals surface area contributed by atoms with E-state index in [9.17, 15) is 0 Å². The van der Waals surface area contributed by atoms with Crippen molar-refractivity contribution in [2.45, 2.75) is 13.8 Å². The fourth-order valence-corrected chi connectivity index (χ4v) is 2.41. The van der Waals surface area contributed by atoms with Crippen LogP contribution in [0.15, 0.2) is 18.2 Å². The lowest BCUT2D eigenvalue weighted by atomic mass is 10.2. The quantitative estimate of drug-likeness (QED) is 0.877. The summed E-state index contributed by atoms with van der Waals surface area (Å²) in [6.45, 7) is 5.31. The number of fused-ring (bicyclic) bond motifs is 1. The van der Waals surface area contributed by atoms with Gasteiger partial charge in [-0.15, -0.1) is 0 Å². The number of hydrogen-bond donors (Lipinski definition) is 1. The molecule has 0 amide bonds. The number of thiazole rings is 1. The maximum absolute atomic E-state index is 5.91. The van der Waals surface area contributed by atoms with Crippen molar-refractivity contribution in [1.29, 1.82) is 0 Å². The first kappa shape index (κ1) is 10.7. The predicted molar refractivity (Wildman–Crippen MR) is 68.0 cm³/mol. The molecule has 4 heteroatoms. The molecule has 2 rings (SSSR count). The molecule has 0 aliphatic rings. The number of rotatable bonds is 3. The Morgan fingerprint density at radius 1 is 1.47 bits per heavy atom. The normalized spacial score (nSPS) is 11.2. The van der Waals surface area contributed by atoms with Crippen LogP contribution in [0.1, 0.15) is 13.8 Å². The van der Waals surface area contributed by atoms with Crippen molar-refractivity contribution in [2.24, 2.45) is 5.92 Å². The van der Waals surface area contributed by atoms with E-state index in [-0.39, 0.29) is 0 Å². The van der Waals surface area contributed by atoms with Crippen molar-refractivity contribution < 1.29 is 0 Å². The molecule has 0 atom stereocenters. The van der Waals surface area contributed by atoms with Crippen LogP contribution < -0.4 is 5.32 Å². The zero-order valence-electron chi connectivity index (χ0n) is 8.75. The van der Waals surface area contributed by atoms with Gasteiger partial charge in [-0.25, -0.2) is 4.98 Å². The van der Waals surface area contributed by atoms with E-state index in [1.165, 1.54) is 0 Å². The number of anilines is 1. The second kappa shape index (κ2) is 4.37. The molecule has 2 nitrogen and oxygen atoms in total. The molecule has 80 valence electrons. The van der Waals surface area contributed by atoms with Crippen molar-refractivity contribution in [2.75, 3.05) is 11.9 Å². The molecule has 1 aromatic carbocycles. The Labute approximate surface area is 98.3 Å². The number of nitrogens with one attached hydrogen (secondary N) is 1. The third-order valence-corrected chi connectivity index (χ3v) is 3.22. The lowest BCUT2D eigenvalue weighted by Crippen LogP contribution is -2.07. The van der Waals surface area contributed by atoms with E-state index in [1.54, 1.807) is 11.3 Å². The van der Waals surface area contributed by atoms with E-state index < -0.39 is 0 Å². The summed E-state index contributed by atoms with van der Waals surface area (Å²) in [5, 5.41) is 5.06. The van der Waals surface area contributed by atoms with Crippen molar-refractivity contribution in [3.8, 4) is 0 Å². The molecule has 0 aliphatic heterocycles. The summed E-state index contributed by atoms with van der Waals surface area (Å²) < 4.78 is 1.13. The molecule has 2 aromatic rings. The molecule has 1 heterocycles. The molecule has 0 spiro atoms. The SMILES string of the molecule is CC(C)CNc1nc2ccc(Cl)cc2s1. The average Bonchev–Trinajstić information content (AvgIpc) is 2.56. The van der Waals surface area contributed by atoms with Gasteiger partial charge < -0.3 is 5.32 Å². The zero-order valence-corrected chi connectivity index (χ0v) is 10.3. The summed E-state index contributed by atoms with van der Waals surface area (Å²) in [5.41, 5.74) is 1.01.